The smallest absolute Gasteiger partial charge is 0.0695 e. The highest BCUT2D eigenvalue weighted by Crippen LogP contribution is 2.25. The normalized spacial score (nSPS) is 31.8. The Morgan fingerprint density at radius 2 is 0.958 bits per heavy atom. The first kappa shape index (κ1) is 20.1. The molecule has 142 valence electrons. The van der Waals surface area contributed by atoms with E-state index in [1.807, 2.05) is 0 Å². The van der Waals surface area contributed by atoms with Gasteiger partial charge in [-0.1, -0.05) is 25.7 Å². The van der Waals surface area contributed by atoms with Crippen LogP contribution in [0.25, 0.3) is 0 Å². The monoisotopic (exact) mass is 344 g/mol. The molecule has 0 aromatic rings. The standard InChI is InChI=1S/C18H36N2O4/c21-13-11-19(15-5-1-3-7-17(15)23)9-10-20(12-14-22)16-6-2-4-8-18(16)24/h15-18,21-24H,1-14H2/t15-,16+,17-,18+. The Labute approximate surface area is 146 Å². The van der Waals surface area contributed by atoms with Crippen molar-refractivity contribution < 1.29 is 20.4 Å². The minimum atomic E-state index is -0.308. The summed E-state index contributed by atoms with van der Waals surface area (Å²) in [4.78, 5) is 4.40. The van der Waals surface area contributed by atoms with Crippen molar-refractivity contribution in [2.75, 3.05) is 39.4 Å². The highest BCUT2D eigenvalue weighted by molar-refractivity contribution is 4.86. The third-order valence-corrected chi connectivity index (χ3v) is 5.77. The van der Waals surface area contributed by atoms with Crippen molar-refractivity contribution in [1.82, 2.24) is 9.80 Å². The zero-order chi connectivity index (χ0) is 17.4. The molecule has 0 aromatic heterocycles. The quantitative estimate of drug-likeness (QED) is 0.477. The molecule has 0 amide bonds. The predicted octanol–water partition coefficient (Wildman–Crippen LogP) is 0.182. The number of hydrogen-bond acceptors (Lipinski definition) is 6. The topological polar surface area (TPSA) is 87.4 Å². The molecule has 24 heavy (non-hydrogen) atoms. The van der Waals surface area contributed by atoms with Crippen LogP contribution >= 0.6 is 0 Å². The molecule has 6 heteroatoms. The number of hydrogen-bond donors (Lipinski definition) is 4. The van der Waals surface area contributed by atoms with E-state index in [4.69, 9.17) is 0 Å². The third-order valence-electron chi connectivity index (χ3n) is 5.77. The van der Waals surface area contributed by atoms with Crippen LogP contribution in [0.2, 0.25) is 0 Å². The summed E-state index contributed by atoms with van der Waals surface area (Å²) >= 11 is 0. The van der Waals surface area contributed by atoms with Gasteiger partial charge in [-0.25, -0.2) is 0 Å². The molecule has 0 aromatic carbocycles. The molecular formula is C18H36N2O4. The Balaban J connectivity index is 1.93. The van der Waals surface area contributed by atoms with Crippen LogP contribution in [0.15, 0.2) is 0 Å². The molecule has 0 aliphatic heterocycles. The van der Waals surface area contributed by atoms with Crippen molar-refractivity contribution in [3.8, 4) is 0 Å². The molecule has 6 nitrogen and oxygen atoms in total. The molecule has 2 rings (SSSR count). The summed E-state index contributed by atoms with van der Waals surface area (Å²) < 4.78 is 0. The van der Waals surface area contributed by atoms with E-state index in [1.54, 1.807) is 0 Å². The molecule has 0 spiro atoms. The average molecular weight is 344 g/mol. The zero-order valence-corrected chi connectivity index (χ0v) is 14.9. The largest absolute Gasteiger partial charge is 0.395 e. The second-order valence-electron chi connectivity index (χ2n) is 7.36. The van der Waals surface area contributed by atoms with Crippen molar-refractivity contribution in [3.05, 3.63) is 0 Å². The van der Waals surface area contributed by atoms with Crippen LogP contribution in [0.4, 0.5) is 0 Å². The summed E-state index contributed by atoms with van der Waals surface area (Å²) in [5, 5.41) is 39.4. The molecule has 0 unspecified atom stereocenters. The van der Waals surface area contributed by atoms with Gasteiger partial charge in [0.1, 0.15) is 0 Å². The van der Waals surface area contributed by atoms with E-state index < -0.39 is 0 Å². The van der Waals surface area contributed by atoms with Crippen molar-refractivity contribution in [1.29, 1.82) is 0 Å². The van der Waals surface area contributed by atoms with E-state index in [1.165, 1.54) is 0 Å². The fourth-order valence-electron chi connectivity index (χ4n) is 4.44. The summed E-state index contributed by atoms with van der Waals surface area (Å²) in [5.41, 5.74) is 0. The van der Waals surface area contributed by atoms with E-state index in [0.717, 1.165) is 64.5 Å². The summed E-state index contributed by atoms with van der Waals surface area (Å²) in [5.74, 6) is 0. The molecule has 2 saturated carbocycles. The summed E-state index contributed by atoms with van der Waals surface area (Å²) in [7, 11) is 0. The molecule has 4 atom stereocenters. The van der Waals surface area contributed by atoms with Gasteiger partial charge in [0, 0.05) is 38.3 Å². The Bertz CT molecular complexity index is 313. The van der Waals surface area contributed by atoms with Gasteiger partial charge in [0.2, 0.25) is 0 Å². The molecule has 2 aliphatic carbocycles. The fraction of sp³-hybridized carbons (Fsp3) is 1.00. The lowest BCUT2D eigenvalue weighted by Gasteiger charge is -2.41. The Morgan fingerprint density at radius 3 is 1.29 bits per heavy atom. The van der Waals surface area contributed by atoms with Gasteiger partial charge in [0.15, 0.2) is 0 Å². The lowest BCUT2D eigenvalue weighted by Crippen LogP contribution is -2.52. The van der Waals surface area contributed by atoms with Crippen LogP contribution in [-0.4, -0.2) is 93.9 Å². The fourth-order valence-corrected chi connectivity index (χ4v) is 4.44. The van der Waals surface area contributed by atoms with Gasteiger partial charge in [-0.05, 0) is 25.7 Å². The SMILES string of the molecule is OCCN(CCN(CCO)[C@H]1CCCC[C@@H]1O)[C@@H]1CCCC[C@H]1O. The molecule has 2 fully saturated rings. The van der Waals surface area contributed by atoms with Gasteiger partial charge in [0.05, 0.1) is 25.4 Å². The number of nitrogens with zero attached hydrogens (tertiary/aromatic N) is 2. The van der Waals surface area contributed by atoms with Crippen molar-refractivity contribution in [3.63, 3.8) is 0 Å². The van der Waals surface area contributed by atoms with E-state index in [-0.39, 0.29) is 37.5 Å². The first-order chi connectivity index (χ1) is 11.7. The molecule has 0 radical (unpaired) electrons. The van der Waals surface area contributed by atoms with E-state index in [9.17, 15) is 20.4 Å². The lowest BCUT2D eigenvalue weighted by molar-refractivity contribution is -0.0134. The van der Waals surface area contributed by atoms with Gasteiger partial charge in [-0.2, -0.15) is 0 Å². The van der Waals surface area contributed by atoms with Crippen LogP contribution in [0, 0.1) is 0 Å². The van der Waals surface area contributed by atoms with E-state index in [2.05, 4.69) is 9.80 Å². The minimum absolute atomic E-state index is 0.0925. The maximum absolute atomic E-state index is 10.3. The van der Waals surface area contributed by atoms with Gasteiger partial charge in [-0.15, -0.1) is 0 Å². The maximum atomic E-state index is 10.3. The number of aliphatic hydroxyl groups excluding tert-OH is 4. The van der Waals surface area contributed by atoms with Gasteiger partial charge < -0.3 is 20.4 Å². The zero-order valence-electron chi connectivity index (χ0n) is 14.9. The molecule has 4 N–H and O–H groups in total. The van der Waals surface area contributed by atoms with Gasteiger partial charge >= 0.3 is 0 Å². The Morgan fingerprint density at radius 1 is 0.583 bits per heavy atom. The molecule has 2 aliphatic rings. The van der Waals surface area contributed by atoms with Gasteiger partial charge in [-0.3, -0.25) is 9.80 Å². The van der Waals surface area contributed by atoms with Crippen LogP contribution in [0.3, 0.4) is 0 Å². The van der Waals surface area contributed by atoms with Crippen LogP contribution in [-0.2, 0) is 0 Å². The molecular weight excluding hydrogens is 308 g/mol. The third kappa shape index (κ3) is 5.64. The van der Waals surface area contributed by atoms with E-state index in [0.29, 0.717) is 13.1 Å². The van der Waals surface area contributed by atoms with Crippen LogP contribution in [0.1, 0.15) is 51.4 Å². The number of rotatable bonds is 9. The van der Waals surface area contributed by atoms with Crippen molar-refractivity contribution >= 4 is 0 Å². The second kappa shape index (κ2) is 10.7. The predicted molar refractivity (Wildman–Crippen MR) is 93.8 cm³/mol. The highest BCUT2D eigenvalue weighted by Gasteiger charge is 2.31. The first-order valence-corrected chi connectivity index (χ1v) is 9.73. The molecule has 0 bridgehead atoms. The molecule has 0 saturated heterocycles. The van der Waals surface area contributed by atoms with Crippen LogP contribution < -0.4 is 0 Å². The average Bonchev–Trinajstić information content (AvgIpc) is 2.59. The van der Waals surface area contributed by atoms with E-state index >= 15 is 0 Å². The second-order valence-corrected chi connectivity index (χ2v) is 7.36. The van der Waals surface area contributed by atoms with Gasteiger partial charge in [0.25, 0.3) is 0 Å². The Hall–Kier alpha value is -0.240. The lowest BCUT2D eigenvalue weighted by atomic mass is 9.90. The minimum Gasteiger partial charge on any atom is -0.395 e. The Kier molecular flexibility index (Phi) is 8.94. The molecule has 0 heterocycles. The highest BCUT2D eigenvalue weighted by atomic mass is 16.3. The summed E-state index contributed by atoms with van der Waals surface area (Å²) in [6.07, 6.45) is 7.44. The van der Waals surface area contributed by atoms with Crippen LogP contribution in [0.5, 0.6) is 0 Å². The summed E-state index contributed by atoms with van der Waals surface area (Å²) in [6.45, 7) is 2.84. The first-order valence-electron chi connectivity index (χ1n) is 9.73. The van der Waals surface area contributed by atoms with Crippen molar-refractivity contribution in [2.45, 2.75) is 75.7 Å². The van der Waals surface area contributed by atoms with Crippen molar-refractivity contribution in [2.24, 2.45) is 0 Å². The summed E-state index contributed by atoms with van der Waals surface area (Å²) in [6, 6.07) is 0.247. The maximum Gasteiger partial charge on any atom is 0.0695 e. The number of aliphatic hydroxyl groups is 4.